The zero-order chi connectivity index (χ0) is 17.3. The Labute approximate surface area is 151 Å². The van der Waals surface area contributed by atoms with Crippen molar-refractivity contribution in [3.8, 4) is 16.9 Å². The van der Waals surface area contributed by atoms with E-state index in [1.165, 1.54) is 0 Å². The van der Waals surface area contributed by atoms with Crippen LogP contribution in [0.15, 0.2) is 60.8 Å². The number of nitrogens with one attached hydrogen (secondary N) is 1. The molecule has 6 heteroatoms. The monoisotopic (exact) mass is 348 g/mol. The number of epoxide rings is 1. The molecule has 0 aliphatic carbocycles. The van der Waals surface area contributed by atoms with Gasteiger partial charge in [-0.25, -0.2) is 4.68 Å². The summed E-state index contributed by atoms with van der Waals surface area (Å²) in [6, 6.07) is 18.3. The van der Waals surface area contributed by atoms with Gasteiger partial charge in [-0.3, -0.25) is 0 Å². The van der Waals surface area contributed by atoms with Crippen LogP contribution in [0.3, 0.4) is 0 Å². The van der Waals surface area contributed by atoms with Crippen molar-refractivity contribution in [3.05, 3.63) is 66.4 Å². The van der Waals surface area contributed by atoms with Gasteiger partial charge in [0, 0.05) is 18.7 Å². The largest absolute Gasteiger partial charge is 0.369 e. The molecule has 0 amide bonds. The molecule has 3 aromatic rings. The third-order valence-corrected chi connectivity index (χ3v) is 4.91. The van der Waals surface area contributed by atoms with Crippen LogP contribution >= 0.6 is 0 Å². The van der Waals surface area contributed by atoms with Crippen molar-refractivity contribution in [2.24, 2.45) is 0 Å². The van der Waals surface area contributed by atoms with Crippen molar-refractivity contribution in [2.75, 3.05) is 13.1 Å². The summed E-state index contributed by atoms with van der Waals surface area (Å²) in [5.41, 5.74) is 4.04. The van der Waals surface area contributed by atoms with Crippen molar-refractivity contribution in [1.29, 1.82) is 0 Å². The predicted octanol–water partition coefficient (Wildman–Crippen LogP) is 2.19. The van der Waals surface area contributed by atoms with Crippen LogP contribution in [0, 0.1) is 0 Å². The number of piperidine rings is 1. The standard InChI is InChI=1S/C20H20N4O2/c1-2-4-15(5-3-1)17-12-24(23-22-17)16-8-6-14(7-9-16)13-25-18-10-21-11-19-20(18)26-19/h1-9,12,18-21H,10-11,13H2/t18-,19-,20+/m1/s1. The fourth-order valence-corrected chi connectivity index (χ4v) is 3.36. The third kappa shape index (κ3) is 3.14. The third-order valence-electron chi connectivity index (χ3n) is 4.91. The molecule has 3 atom stereocenters. The number of hydrogen-bond donors (Lipinski definition) is 1. The van der Waals surface area contributed by atoms with E-state index in [1.807, 2.05) is 48.7 Å². The van der Waals surface area contributed by atoms with Crippen LogP contribution in [-0.2, 0) is 16.1 Å². The highest BCUT2D eigenvalue weighted by molar-refractivity contribution is 5.57. The molecule has 1 N–H and O–H groups in total. The Morgan fingerprint density at radius 3 is 2.77 bits per heavy atom. The van der Waals surface area contributed by atoms with Gasteiger partial charge < -0.3 is 14.8 Å². The first-order valence-corrected chi connectivity index (χ1v) is 8.92. The molecule has 0 radical (unpaired) electrons. The second-order valence-electron chi connectivity index (χ2n) is 6.73. The fourth-order valence-electron chi connectivity index (χ4n) is 3.36. The van der Waals surface area contributed by atoms with Gasteiger partial charge in [0.1, 0.15) is 11.8 Å². The van der Waals surface area contributed by atoms with Crippen LogP contribution in [0.1, 0.15) is 5.56 Å². The quantitative estimate of drug-likeness (QED) is 0.716. The maximum Gasteiger partial charge on any atom is 0.113 e. The molecule has 0 unspecified atom stereocenters. The van der Waals surface area contributed by atoms with Crippen molar-refractivity contribution in [1.82, 2.24) is 20.3 Å². The molecule has 0 bridgehead atoms. The smallest absolute Gasteiger partial charge is 0.113 e. The summed E-state index contributed by atoms with van der Waals surface area (Å²) in [6.07, 6.45) is 2.72. The minimum atomic E-state index is 0.150. The summed E-state index contributed by atoms with van der Waals surface area (Å²) in [4.78, 5) is 0. The van der Waals surface area contributed by atoms with E-state index in [9.17, 15) is 0 Å². The van der Waals surface area contributed by atoms with Crippen LogP contribution in [0.5, 0.6) is 0 Å². The molecule has 2 aliphatic rings. The van der Waals surface area contributed by atoms with E-state index in [-0.39, 0.29) is 12.2 Å². The van der Waals surface area contributed by atoms with Gasteiger partial charge in [0.25, 0.3) is 0 Å². The molecule has 1 aromatic heterocycles. The number of benzene rings is 2. The molecular formula is C20H20N4O2. The van der Waals surface area contributed by atoms with Gasteiger partial charge in [0.15, 0.2) is 0 Å². The Morgan fingerprint density at radius 2 is 1.92 bits per heavy atom. The van der Waals surface area contributed by atoms with Gasteiger partial charge in [-0.15, -0.1) is 5.10 Å². The molecule has 26 heavy (non-hydrogen) atoms. The van der Waals surface area contributed by atoms with Crippen LogP contribution in [-0.4, -0.2) is 46.4 Å². The highest BCUT2D eigenvalue weighted by Gasteiger charge is 2.48. The Hall–Kier alpha value is -2.54. The van der Waals surface area contributed by atoms with E-state index >= 15 is 0 Å². The SMILES string of the molecule is c1ccc(-c2cn(-c3ccc(CO[C@@H]4CNC[C@H]5O[C@@H]45)cc3)nn2)cc1. The number of hydrogen-bond acceptors (Lipinski definition) is 5. The van der Waals surface area contributed by atoms with E-state index in [0.717, 1.165) is 35.6 Å². The van der Waals surface area contributed by atoms with Crippen molar-refractivity contribution in [2.45, 2.75) is 24.9 Å². The summed E-state index contributed by atoms with van der Waals surface area (Å²) in [5.74, 6) is 0. The minimum Gasteiger partial charge on any atom is -0.369 e. The number of nitrogens with zero attached hydrogens (tertiary/aromatic N) is 3. The summed E-state index contributed by atoms with van der Waals surface area (Å²) in [5, 5.41) is 11.8. The van der Waals surface area contributed by atoms with E-state index < -0.39 is 0 Å². The topological polar surface area (TPSA) is 64.5 Å². The van der Waals surface area contributed by atoms with Crippen LogP contribution < -0.4 is 5.32 Å². The lowest BCUT2D eigenvalue weighted by atomic mass is 10.1. The molecule has 5 rings (SSSR count). The Morgan fingerprint density at radius 1 is 1.08 bits per heavy atom. The van der Waals surface area contributed by atoms with Crippen molar-refractivity contribution in [3.63, 3.8) is 0 Å². The molecule has 2 aromatic carbocycles. The van der Waals surface area contributed by atoms with Crippen molar-refractivity contribution < 1.29 is 9.47 Å². The molecule has 2 fully saturated rings. The fraction of sp³-hybridized carbons (Fsp3) is 0.300. The minimum absolute atomic E-state index is 0.150. The zero-order valence-electron chi connectivity index (χ0n) is 14.3. The van der Waals surface area contributed by atoms with Gasteiger partial charge in [-0.1, -0.05) is 47.7 Å². The summed E-state index contributed by atoms with van der Waals surface area (Å²) in [6.45, 7) is 2.40. The second kappa shape index (κ2) is 6.64. The first kappa shape index (κ1) is 15.7. The van der Waals surface area contributed by atoms with Crippen LogP contribution in [0.4, 0.5) is 0 Å². The number of rotatable bonds is 5. The van der Waals surface area contributed by atoms with Gasteiger partial charge in [0.05, 0.1) is 30.7 Å². The maximum absolute atomic E-state index is 6.01. The molecular weight excluding hydrogens is 328 g/mol. The van der Waals surface area contributed by atoms with Gasteiger partial charge in [0.2, 0.25) is 0 Å². The molecule has 2 saturated heterocycles. The number of ether oxygens (including phenoxy) is 2. The number of aromatic nitrogens is 3. The average Bonchev–Trinajstić information content (AvgIpc) is 3.34. The lowest BCUT2D eigenvalue weighted by Gasteiger charge is -2.20. The highest BCUT2D eigenvalue weighted by atomic mass is 16.6. The first-order valence-electron chi connectivity index (χ1n) is 8.92. The van der Waals surface area contributed by atoms with Crippen molar-refractivity contribution >= 4 is 0 Å². The highest BCUT2D eigenvalue weighted by Crippen LogP contribution is 2.29. The van der Waals surface area contributed by atoms with E-state index in [4.69, 9.17) is 9.47 Å². The van der Waals surface area contributed by atoms with Crippen LogP contribution in [0.25, 0.3) is 16.9 Å². The molecule has 132 valence electrons. The predicted molar refractivity (Wildman–Crippen MR) is 96.9 cm³/mol. The Kier molecular flexibility index (Phi) is 4.01. The Bertz CT molecular complexity index is 878. The molecule has 6 nitrogen and oxygen atoms in total. The lowest BCUT2D eigenvalue weighted by molar-refractivity contribution is 0.0211. The maximum atomic E-state index is 6.01. The first-order chi connectivity index (χ1) is 12.9. The second-order valence-corrected chi connectivity index (χ2v) is 6.73. The summed E-state index contributed by atoms with van der Waals surface area (Å²) < 4.78 is 13.4. The van der Waals surface area contributed by atoms with Gasteiger partial charge in [-0.05, 0) is 17.7 Å². The summed E-state index contributed by atoms with van der Waals surface area (Å²) in [7, 11) is 0. The van der Waals surface area contributed by atoms with Crippen LogP contribution in [0.2, 0.25) is 0 Å². The van der Waals surface area contributed by atoms with E-state index in [2.05, 4.69) is 27.8 Å². The summed E-state index contributed by atoms with van der Waals surface area (Å²) >= 11 is 0. The normalized spacial score (nSPS) is 24.2. The Balaban J connectivity index is 1.24. The van der Waals surface area contributed by atoms with Gasteiger partial charge >= 0.3 is 0 Å². The average molecular weight is 348 g/mol. The lowest BCUT2D eigenvalue weighted by Crippen LogP contribution is -2.41. The zero-order valence-corrected chi connectivity index (χ0v) is 14.3. The number of fused-ring (bicyclic) bond motifs is 1. The van der Waals surface area contributed by atoms with Gasteiger partial charge in [-0.2, -0.15) is 0 Å². The molecule has 0 saturated carbocycles. The molecule has 3 heterocycles. The molecule has 0 spiro atoms. The van der Waals surface area contributed by atoms with E-state index in [0.29, 0.717) is 12.7 Å². The van der Waals surface area contributed by atoms with E-state index in [1.54, 1.807) is 4.68 Å². The molecule has 2 aliphatic heterocycles.